The lowest BCUT2D eigenvalue weighted by atomic mass is 10.1. The molecule has 0 amide bonds. The minimum absolute atomic E-state index is 0.166. The quantitative estimate of drug-likeness (QED) is 0.419. The number of hydrogen-bond acceptors (Lipinski definition) is 2. The lowest BCUT2D eigenvalue weighted by molar-refractivity contribution is 1.03. The van der Waals surface area contributed by atoms with E-state index in [4.69, 9.17) is 18.0 Å². The molecule has 5 heteroatoms. The number of benzene rings is 1. The van der Waals surface area contributed by atoms with Crippen LogP contribution in [-0.2, 0) is 0 Å². The second kappa shape index (κ2) is 4.32. The summed E-state index contributed by atoms with van der Waals surface area (Å²) in [5.74, 6) is 0. The van der Waals surface area contributed by atoms with E-state index in [1.165, 1.54) is 0 Å². The van der Waals surface area contributed by atoms with Crippen LogP contribution in [0.3, 0.4) is 0 Å². The van der Waals surface area contributed by atoms with E-state index in [0.717, 1.165) is 22.2 Å². The van der Waals surface area contributed by atoms with Crippen LogP contribution >= 0.6 is 12.2 Å². The third-order valence-electron chi connectivity index (χ3n) is 2.31. The van der Waals surface area contributed by atoms with Crippen molar-refractivity contribution in [2.75, 3.05) is 0 Å². The molecule has 0 fully saturated rings. The Morgan fingerprint density at radius 1 is 1.44 bits per heavy atom. The van der Waals surface area contributed by atoms with Crippen LogP contribution in [0.1, 0.15) is 12.5 Å². The second-order valence-corrected chi connectivity index (χ2v) is 3.86. The van der Waals surface area contributed by atoms with E-state index in [1.807, 2.05) is 37.4 Å². The Kier molecular flexibility index (Phi) is 2.87. The molecule has 82 valence electrons. The van der Waals surface area contributed by atoms with Crippen molar-refractivity contribution in [1.82, 2.24) is 10.4 Å². The zero-order valence-corrected chi connectivity index (χ0v) is 9.64. The highest BCUT2D eigenvalue weighted by Crippen LogP contribution is 2.18. The van der Waals surface area contributed by atoms with E-state index >= 15 is 0 Å². The molecule has 2 aromatic rings. The lowest BCUT2D eigenvalue weighted by Gasteiger charge is -2.00. The molecule has 4 N–H and O–H groups in total. The van der Waals surface area contributed by atoms with Crippen LogP contribution in [0.4, 0.5) is 0 Å². The first-order valence-electron chi connectivity index (χ1n) is 4.84. The molecule has 0 atom stereocenters. The van der Waals surface area contributed by atoms with Gasteiger partial charge in [0.05, 0.1) is 5.71 Å². The van der Waals surface area contributed by atoms with Gasteiger partial charge in [-0.1, -0.05) is 18.2 Å². The summed E-state index contributed by atoms with van der Waals surface area (Å²) < 4.78 is 0. The predicted molar refractivity (Wildman–Crippen MR) is 70.4 cm³/mol. The molecule has 0 spiro atoms. The molecule has 0 unspecified atom stereocenters. The first kappa shape index (κ1) is 10.6. The van der Waals surface area contributed by atoms with Gasteiger partial charge in [0.25, 0.3) is 0 Å². The number of para-hydroxylation sites is 1. The highest BCUT2D eigenvalue weighted by Gasteiger charge is 2.05. The van der Waals surface area contributed by atoms with Gasteiger partial charge >= 0.3 is 0 Å². The number of nitrogens with one attached hydrogen (secondary N) is 2. The number of hydrogen-bond donors (Lipinski definition) is 3. The summed E-state index contributed by atoms with van der Waals surface area (Å²) in [6, 6.07) is 8.05. The van der Waals surface area contributed by atoms with Crippen LogP contribution in [-0.4, -0.2) is 15.8 Å². The third kappa shape index (κ3) is 2.04. The second-order valence-electron chi connectivity index (χ2n) is 3.42. The topological polar surface area (TPSA) is 66.2 Å². The molecule has 4 nitrogen and oxygen atoms in total. The fourth-order valence-corrected chi connectivity index (χ4v) is 1.62. The van der Waals surface area contributed by atoms with Gasteiger partial charge in [-0.05, 0) is 25.2 Å². The average Bonchev–Trinajstić information content (AvgIpc) is 2.69. The number of hydrazone groups is 1. The van der Waals surface area contributed by atoms with E-state index in [9.17, 15) is 0 Å². The molecule has 1 aromatic carbocycles. The summed E-state index contributed by atoms with van der Waals surface area (Å²) in [5, 5.41) is 5.40. The van der Waals surface area contributed by atoms with Gasteiger partial charge in [0.1, 0.15) is 0 Å². The first-order chi connectivity index (χ1) is 7.68. The summed E-state index contributed by atoms with van der Waals surface area (Å²) in [6.45, 7) is 1.90. The molecular weight excluding hydrogens is 220 g/mol. The van der Waals surface area contributed by atoms with Crippen molar-refractivity contribution in [3.63, 3.8) is 0 Å². The van der Waals surface area contributed by atoms with Gasteiger partial charge in [0, 0.05) is 22.7 Å². The standard InChI is InChI=1S/C11H12N4S/c1-7(14-15-11(12)16)9-6-13-10-5-3-2-4-8(9)10/h2-6,13H,1H3,(H3,12,15,16). The highest BCUT2D eigenvalue weighted by atomic mass is 32.1. The molecular formula is C11H12N4S. The zero-order chi connectivity index (χ0) is 11.5. The van der Waals surface area contributed by atoms with Gasteiger partial charge in [0.2, 0.25) is 0 Å². The van der Waals surface area contributed by atoms with Gasteiger partial charge < -0.3 is 10.7 Å². The van der Waals surface area contributed by atoms with Gasteiger partial charge in [0.15, 0.2) is 5.11 Å². The van der Waals surface area contributed by atoms with Crippen LogP contribution in [0.15, 0.2) is 35.6 Å². The molecule has 0 saturated heterocycles. The summed E-state index contributed by atoms with van der Waals surface area (Å²) in [4.78, 5) is 3.18. The molecule has 16 heavy (non-hydrogen) atoms. The molecule has 0 aliphatic carbocycles. The zero-order valence-electron chi connectivity index (χ0n) is 8.82. The minimum Gasteiger partial charge on any atom is -0.375 e. The Morgan fingerprint density at radius 2 is 2.19 bits per heavy atom. The number of H-pyrrole nitrogens is 1. The van der Waals surface area contributed by atoms with E-state index in [-0.39, 0.29) is 5.11 Å². The molecule has 2 rings (SSSR count). The van der Waals surface area contributed by atoms with E-state index in [0.29, 0.717) is 0 Å². The van der Waals surface area contributed by atoms with Crippen LogP contribution in [0.5, 0.6) is 0 Å². The summed E-state index contributed by atoms with van der Waals surface area (Å²) in [7, 11) is 0. The largest absolute Gasteiger partial charge is 0.375 e. The molecule has 1 aromatic heterocycles. The fourth-order valence-electron chi connectivity index (χ4n) is 1.57. The first-order valence-corrected chi connectivity index (χ1v) is 5.25. The molecule has 0 radical (unpaired) electrons. The highest BCUT2D eigenvalue weighted by molar-refractivity contribution is 7.80. The Bertz CT molecular complexity index is 556. The van der Waals surface area contributed by atoms with Crippen LogP contribution < -0.4 is 11.2 Å². The van der Waals surface area contributed by atoms with E-state index < -0.39 is 0 Å². The van der Waals surface area contributed by atoms with E-state index in [1.54, 1.807) is 0 Å². The van der Waals surface area contributed by atoms with Crippen LogP contribution in [0.25, 0.3) is 10.9 Å². The van der Waals surface area contributed by atoms with Gasteiger partial charge in [-0.15, -0.1) is 0 Å². The molecule has 0 bridgehead atoms. The van der Waals surface area contributed by atoms with Gasteiger partial charge in [-0.25, -0.2) is 0 Å². The number of thiocarbonyl (C=S) groups is 1. The maximum Gasteiger partial charge on any atom is 0.184 e. The number of nitrogens with two attached hydrogens (primary N) is 1. The number of aromatic amines is 1. The van der Waals surface area contributed by atoms with Crippen LogP contribution in [0, 0.1) is 0 Å². The summed E-state index contributed by atoms with van der Waals surface area (Å²) >= 11 is 4.69. The molecule has 0 aliphatic rings. The summed E-state index contributed by atoms with van der Waals surface area (Å²) in [6.07, 6.45) is 1.92. The molecule has 0 saturated carbocycles. The Morgan fingerprint density at radius 3 is 2.94 bits per heavy atom. The molecule has 0 aliphatic heterocycles. The normalized spacial score (nSPS) is 11.7. The maximum absolute atomic E-state index is 5.31. The van der Waals surface area contributed by atoms with Crippen molar-refractivity contribution in [3.8, 4) is 0 Å². The van der Waals surface area contributed by atoms with Crippen molar-refractivity contribution in [3.05, 3.63) is 36.0 Å². The van der Waals surface area contributed by atoms with E-state index in [2.05, 4.69) is 15.5 Å². The Hall–Kier alpha value is -1.88. The minimum atomic E-state index is 0.166. The van der Waals surface area contributed by atoms with Crippen molar-refractivity contribution in [2.24, 2.45) is 10.8 Å². The number of nitrogens with zero attached hydrogens (tertiary/aromatic N) is 1. The Balaban J connectivity index is 2.40. The fraction of sp³-hybridized carbons (Fsp3) is 0.0909. The molecule has 1 heterocycles. The number of rotatable bonds is 2. The van der Waals surface area contributed by atoms with Gasteiger partial charge in [-0.2, -0.15) is 5.10 Å². The smallest absolute Gasteiger partial charge is 0.184 e. The van der Waals surface area contributed by atoms with Gasteiger partial charge in [-0.3, -0.25) is 5.43 Å². The third-order valence-corrected chi connectivity index (χ3v) is 2.40. The van der Waals surface area contributed by atoms with Crippen molar-refractivity contribution in [1.29, 1.82) is 0 Å². The monoisotopic (exact) mass is 232 g/mol. The number of aromatic nitrogens is 1. The van der Waals surface area contributed by atoms with Crippen molar-refractivity contribution in [2.45, 2.75) is 6.92 Å². The Labute approximate surface area is 98.5 Å². The number of fused-ring (bicyclic) bond motifs is 1. The maximum atomic E-state index is 5.31. The lowest BCUT2D eigenvalue weighted by Crippen LogP contribution is -2.25. The SMILES string of the molecule is CC(=NNC(N)=S)c1c[nH]c2ccccc12. The van der Waals surface area contributed by atoms with Crippen LogP contribution in [0.2, 0.25) is 0 Å². The summed E-state index contributed by atoms with van der Waals surface area (Å²) in [5.41, 5.74) is 10.9. The predicted octanol–water partition coefficient (Wildman–Crippen LogP) is 1.73. The van der Waals surface area contributed by atoms with Crippen molar-refractivity contribution >= 4 is 33.9 Å². The van der Waals surface area contributed by atoms with Crippen molar-refractivity contribution < 1.29 is 0 Å². The average molecular weight is 232 g/mol.